The first-order chi connectivity index (χ1) is 9.60. The Morgan fingerprint density at radius 3 is 2.35 bits per heavy atom. The summed E-state index contributed by atoms with van der Waals surface area (Å²) in [5.41, 5.74) is 1.47. The maximum Gasteiger partial charge on any atom is 0.330 e. The van der Waals surface area contributed by atoms with Gasteiger partial charge >= 0.3 is 5.69 Å². The second kappa shape index (κ2) is 6.35. The summed E-state index contributed by atoms with van der Waals surface area (Å²) < 4.78 is 4.04. The van der Waals surface area contributed by atoms with Crippen molar-refractivity contribution in [2.45, 2.75) is 59.5 Å². The van der Waals surface area contributed by atoms with Crippen LogP contribution in [0.2, 0.25) is 0 Å². The molecule has 0 radical (unpaired) electrons. The molecule has 1 N–H and O–H groups in total. The molecule has 0 saturated carbocycles. The van der Waals surface area contributed by atoms with Gasteiger partial charge in [0.2, 0.25) is 0 Å². The molecule has 0 atom stereocenters. The van der Waals surface area contributed by atoms with Gasteiger partial charge in [0.05, 0.1) is 0 Å². The molecule has 0 aromatic carbocycles. The lowest BCUT2D eigenvalue weighted by Crippen LogP contribution is -2.32. The lowest BCUT2D eigenvalue weighted by molar-refractivity contribution is 0.536. The molecule has 0 unspecified atom stereocenters. The third kappa shape index (κ3) is 2.70. The molecular formula is C14H22N4OS. The Morgan fingerprint density at radius 1 is 1.15 bits per heavy atom. The van der Waals surface area contributed by atoms with Gasteiger partial charge in [0, 0.05) is 13.1 Å². The summed E-state index contributed by atoms with van der Waals surface area (Å²) in [6.45, 7) is 7.48. The van der Waals surface area contributed by atoms with E-state index in [2.05, 4.69) is 23.8 Å². The number of hydrogen-bond acceptors (Lipinski definition) is 3. The minimum absolute atomic E-state index is 0.0316. The van der Waals surface area contributed by atoms with E-state index < -0.39 is 0 Å². The van der Waals surface area contributed by atoms with Crippen molar-refractivity contribution < 1.29 is 0 Å². The van der Waals surface area contributed by atoms with Crippen LogP contribution in [0.5, 0.6) is 0 Å². The number of fused-ring (bicyclic) bond motifs is 1. The summed E-state index contributed by atoms with van der Waals surface area (Å²) in [5.74, 6) is 0.795. The predicted molar refractivity (Wildman–Crippen MR) is 83.7 cm³/mol. The van der Waals surface area contributed by atoms with Gasteiger partial charge in [0.25, 0.3) is 0 Å². The summed E-state index contributed by atoms with van der Waals surface area (Å²) in [5, 5.41) is 0. The summed E-state index contributed by atoms with van der Waals surface area (Å²) in [6.07, 6.45) is 4.00. The number of nitrogens with zero attached hydrogens (tertiary/aromatic N) is 3. The van der Waals surface area contributed by atoms with Crippen molar-refractivity contribution in [1.29, 1.82) is 0 Å². The van der Waals surface area contributed by atoms with Gasteiger partial charge in [-0.1, -0.05) is 38.9 Å². The Labute approximate surface area is 123 Å². The van der Waals surface area contributed by atoms with Crippen molar-refractivity contribution in [2.75, 3.05) is 0 Å². The SMILES string of the molecule is CCCCn1c(=S)c2[nH]c(C)nc2n(CCCC)c1=O. The molecule has 20 heavy (non-hydrogen) atoms. The van der Waals surface area contributed by atoms with Crippen molar-refractivity contribution in [3.05, 3.63) is 20.9 Å². The lowest BCUT2D eigenvalue weighted by Gasteiger charge is -2.11. The van der Waals surface area contributed by atoms with Crippen LogP contribution in [-0.2, 0) is 13.1 Å². The van der Waals surface area contributed by atoms with Gasteiger partial charge in [-0.15, -0.1) is 0 Å². The molecule has 0 aliphatic carbocycles. The molecule has 2 aromatic heterocycles. The molecule has 0 fully saturated rings. The maximum absolute atomic E-state index is 12.6. The lowest BCUT2D eigenvalue weighted by atomic mass is 10.3. The number of unbranched alkanes of at least 4 members (excludes halogenated alkanes) is 2. The van der Waals surface area contributed by atoms with Crippen LogP contribution in [0.25, 0.3) is 11.2 Å². The van der Waals surface area contributed by atoms with Crippen LogP contribution in [0.1, 0.15) is 45.4 Å². The van der Waals surface area contributed by atoms with Crippen molar-refractivity contribution in [3.8, 4) is 0 Å². The molecule has 110 valence electrons. The third-order valence-electron chi connectivity index (χ3n) is 3.45. The number of aryl methyl sites for hydroxylation is 2. The zero-order valence-corrected chi connectivity index (χ0v) is 13.2. The van der Waals surface area contributed by atoms with Crippen molar-refractivity contribution in [3.63, 3.8) is 0 Å². The third-order valence-corrected chi connectivity index (χ3v) is 3.87. The first-order valence-corrected chi connectivity index (χ1v) is 7.70. The Balaban J connectivity index is 2.67. The van der Waals surface area contributed by atoms with Crippen LogP contribution in [0.15, 0.2) is 4.79 Å². The highest BCUT2D eigenvalue weighted by molar-refractivity contribution is 7.71. The molecule has 0 amide bonds. The molecule has 0 spiro atoms. The first kappa shape index (κ1) is 15.0. The Bertz CT molecular complexity index is 710. The van der Waals surface area contributed by atoms with Crippen LogP contribution in [0.3, 0.4) is 0 Å². The Hall–Kier alpha value is -1.43. The first-order valence-electron chi connectivity index (χ1n) is 7.30. The number of H-pyrrole nitrogens is 1. The van der Waals surface area contributed by atoms with Crippen LogP contribution in [-0.4, -0.2) is 19.1 Å². The second-order valence-corrected chi connectivity index (χ2v) is 5.51. The average molecular weight is 294 g/mol. The summed E-state index contributed by atoms with van der Waals surface area (Å²) in [7, 11) is 0. The minimum atomic E-state index is -0.0316. The smallest absolute Gasteiger partial charge is 0.330 e. The zero-order chi connectivity index (χ0) is 14.7. The quantitative estimate of drug-likeness (QED) is 0.833. The fourth-order valence-electron chi connectivity index (χ4n) is 2.31. The highest BCUT2D eigenvalue weighted by Crippen LogP contribution is 2.12. The monoisotopic (exact) mass is 294 g/mol. The van der Waals surface area contributed by atoms with E-state index in [-0.39, 0.29) is 5.69 Å². The highest BCUT2D eigenvalue weighted by atomic mass is 32.1. The van der Waals surface area contributed by atoms with Crippen molar-refractivity contribution in [1.82, 2.24) is 19.1 Å². The van der Waals surface area contributed by atoms with E-state index in [4.69, 9.17) is 12.2 Å². The van der Waals surface area contributed by atoms with Gasteiger partial charge in [0.1, 0.15) is 16.0 Å². The van der Waals surface area contributed by atoms with E-state index in [9.17, 15) is 4.79 Å². The number of aromatic amines is 1. The van der Waals surface area contributed by atoms with Crippen LogP contribution in [0, 0.1) is 11.6 Å². The maximum atomic E-state index is 12.6. The van der Waals surface area contributed by atoms with E-state index in [1.54, 1.807) is 9.13 Å². The van der Waals surface area contributed by atoms with Crippen LogP contribution in [0.4, 0.5) is 0 Å². The summed E-state index contributed by atoms with van der Waals surface area (Å²) in [4.78, 5) is 20.3. The van der Waals surface area contributed by atoms with Gasteiger partial charge < -0.3 is 4.98 Å². The van der Waals surface area contributed by atoms with Crippen LogP contribution >= 0.6 is 12.2 Å². The number of imidazole rings is 1. The fourth-order valence-corrected chi connectivity index (χ4v) is 2.62. The highest BCUT2D eigenvalue weighted by Gasteiger charge is 2.13. The van der Waals surface area contributed by atoms with E-state index in [0.29, 0.717) is 23.4 Å². The molecule has 0 aliphatic rings. The van der Waals surface area contributed by atoms with Crippen molar-refractivity contribution in [2.24, 2.45) is 0 Å². The average Bonchev–Trinajstić information content (AvgIpc) is 2.81. The standard InChI is InChI=1S/C14H22N4OS/c1-4-6-8-17-12-11(15-10(3)16-12)13(20)18(14(17)19)9-7-5-2/h4-9H2,1-3H3,(H,15,16). The fraction of sp³-hybridized carbons (Fsp3) is 0.643. The normalized spacial score (nSPS) is 11.3. The predicted octanol–water partition coefficient (Wildman–Crippen LogP) is 3.16. The molecule has 0 aliphatic heterocycles. The second-order valence-electron chi connectivity index (χ2n) is 5.12. The Morgan fingerprint density at radius 2 is 1.75 bits per heavy atom. The number of hydrogen-bond donors (Lipinski definition) is 1. The minimum Gasteiger partial charge on any atom is -0.338 e. The number of nitrogens with one attached hydrogen (secondary N) is 1. The summed E-state index contributed by atoms with van der Waals surface area (Å²) in [6, 6.07) is 0. The van der Waals surface area contributed by atoms with Gasteiger partial charge in [-0.25, -0.2) is 9.78 Å². The largest absolute Gasteiger partial charge is 0.338 e. The molecule has 5 nitrogen and oxygen atoms in total. The van der Waals surface area contributed by atoms with E-state index in [0.717, 1.165) is 37.0 Å². The van der Waals surface area contributed by atoms with Gasteiger partial charge in [-0.3, -0.25) is 9.13 Å². The molecule has 2 heterocycles. The number of rotatable bonds is 6. The molecule has 0 bridgehead atoms. The van der Waals surface area contributed by atoms with Gasteiger partial charge in [0.15, 0.2) is 5.65 Å². The van der Waals surface area contributed by atoms with Crippen LogP contribution < -0.4 is 5.69 Å². The molecule has 6 heteroatoms. The van der Waals surface area contributed by atoms with Gasteiger partial charge in [-0.05, 0) is 19.8 Å². The molecule has 2 rings (SSSR count). The Kier molecular flexibility index (Phi) is 4.75. The summed E-state index contributed by atoms with van der Waals surface area (Å²) >= 11 is 5.46. The molecule has 0 saturated heterocycles. The van der Waals surface area contributed by atoms with E-state index in [1.165, 1.54) is 0 Å². The molecular weight excluding hydrogens is 272 g/mol. The van der Waals surface area contributed by atoms with E-state index in [1.807, 2.05) is 6.92 Å². The zero-order valence-electron chi connectivity index (χ0n) is 12.4. The van der Waals surface area contributed by atoms with Crippen molar-refractivity contribution >= 4 is 23.4 Å². The number of aromatic nitrogens is 4. The molecule has 2 aromatic rings. The topological polar surface area (TPSA) is 55.6 Å². The van der Waals surface area contributed by atoms with Gasteiger partial charge in [-0.2, -0.15) is 0 Å². The van der Waals surface area contributed by atoms with E-state index >= 15 is 0 Å².